The van der Waals surface area contributed by atoms with Gasteiger partial charge in [-0.05, 0) is 70.1 Å². The highest BCUT2D eigenvalue weighted by Crippen LogP contribution is 2.30. The number of halogens is 1. The first-order valence-electron chi connectivity index (χ1n) is 8.06. The maximum absolute atomic E-state index is 13.2. The van der Waals surface area contributed by atoms with Crippen molar-refractivity contribution in [3.05, 3.63) is 29.6 Å². The van der Waals surface area contributed by atoms with Crippen LogP contribution in [0.2, 0.25) is 0 Å². The summed E-state index contributed by atoms with van der Waals surface area (Å²) in [6.07, 6.45) is 4.89. The molecule has 0 bridgehead atoms. The molecule has 0 aromatic heterocycles. The van der Waals surface area contributed by atoms with E-state index >= 15 is 0 Å². The number of nitrogens with zero attached hydrogens (tertiary/aromatic N) is 1. The van der Waals surface area contributed by atoms with Crippen LogP contribution in [-0.2, 0) is 6.42 Å². The van der Waals surface area contributed by atoms with E-state index in [9.17, 15) is 4.39 Å². The number of hydrogen-bond acceptors (Lipinski definition) is 3. The van der Waals surface area contributed by atoms with Crippen molar-refractivity contribution in [1.82, 2.24) is 10.2 Å². The van der Waals surface area contributed by atoms with E-state index in [1.54, 1.807) is 12.1 Å². The Balaban J connectivity index is 1.45. The van der Waals surface area contributed by atoms with E-state index in [-0.39, 0.29) is 11.9 Å². The molecule has 2 heterocycles. The summed E-state index contributed by atoms with van der Waals surface area (Å²) in [5.74, 6) is 1.57. The Labute approximate surface area is 126 Å². The molecule has 0 spiro atoms. The van der Waals surface area contributed by atoms with Crippen LogP contribution in [0.4, 0.5) is 4.39 Å². The predicted octanol–water partition coefficient (Wildman–Crippen LogP) is 2.45. The number of nitrogens with one attached hydrogen (secondary N) is 1. The Hall–Kier alpha value is -1.13. The van der Waals surface area contributed by atoms with Gasteiger partial charge in [0.1, 0.15) is 17.7 Å². The maximum atomic E-state index is 13.2. The second kappa shape index (κ2) is 6.75. The standard InChI is InChI=1S/C17H25FN2O/c1-19-7-4-13-5-8-20(9-6-13)12-16-11-14-10-15(18)2-3-17(14)21-16/h2-3,10,13,16,19H,4-9,11-12H2,1H3. The minimum atomic E-state index is -0.164. The fraction of sp³-hybridized carbons (Fsp3) is 0.647. The van der Waals surface area contributed by atoms with Gasteiger partial charge in [-0.25, -0.2) is 4.39 Å². The number of fused-ring (bicyclic) bond motifs is 1. The Morgan fingerprint density at radius 2 is 2.14 bits per heavy atom. The second-order valence-electron chi connectivity index (χ2n) is 6.33. The van der Waals surface area contributed by atoms with E-state index in [0.717, 1.165) is 36.7 Å². The summed E-state index contributed by atoms with van der Waals surface area (Å²) in [7, 11) is 2.02. The molecule has 3 rings (SSSR count). The Morgan fingerprint density at radius 3 is 2.90 bits per heavy atom. The topological polar surface area (TPSA) is 24.5 Å². The fourth-order valence-corrected chi connectivity index (χ4v) is 3.48. The average molecular weight is 292 g/mol. The lowest BCUT2D eigenvalue weighted by atomic mass is 9.93. The molecule has 0 radical (unpaired) electrons. The van der Waals surface area contributed by atoms with Crippen LogP contribution in [0.25, 0.3) is 0 Å². The van der Waals surface area contributed by atoms with Gasteiger partial charge in [0, 0.05) is 18.5 Å². The van der Waals surface area contributed by atoms with Crippen LogP contribution < -0.4 is 10.1 Å². The molecule has 0 aliphatic carbocycles. The fourth-order valence-electron chi connectivity index (χ4n) is 3.48. The normalized spacial score (nSPS) is 23.0. The molecular weight excluding hydrogens is 267 g/mol. The molecule has 21 heavy (non-hydrogen) atoms. The van der Waals surface area contributed by atoms with E-state index in [1.165, 1.54) is 38.4 Å². The van der Waals surface area contributed by atoms with E-state index in [2.05, 4.69) is 10.2 Å². The number of piperidine rings is 1. The van der Waals surface area contributed by atoms with Crippen molar-refractivity contribution in [2.75, 3.05) is 33.2 Å². The minimum Gasteiger partial charge on any atom is -0.488 e. The van der Waals surface area contributed by atoms with Crippen molar-refractivity contribution in [3.63, 3.8) is 0 Å². The summed E-state index contributed by atoms with van der Waals surface area (Å²) in [5.41, 5.74) is 1.02. The average Bonchev–Trinajstić information content (AvgIpc) is 2.88. The van der Waals surface area contributed by atoms with Gasteiger partial charge in [0.15, 0.2) is 0 Å². The lowest BCUT2D eigenvalue weighted by Crippen LogP contribution is -2.40. The Bertz CT molecular complexity index is 472. The molecule has 3 nitrogen and oxygen atoms in total. The van der Waals surface area contributed by atoms with E-state index in [1.807, 2.05) is 7.05 Å². The minimum absolute atomic E-state index is 0.164. The molecule has 2 aliphatic heterocycles. The zero-order valence-corrected chi connectivity index (χ0v) is 12.8. The molecule has 1 atom stereocenters. The molecule has 1 aromatic carbocycles. The number of likely N-dealkylation sites (tertiary alicyclic amines) is 1. The van der Waals surface area contributed by atoms with E-state index < -0.39 is 0 Å². The highest BCUT2D eigenvalue weighted by molar-refractivity contribution is 5.37. The first-order valence-corrected chi connectivity index (χ1v) is 8.06. The third-order valence-corrected chi connectivity index (χ3v) is 4.74. The SMILES string of the molecule is CNCCC1CCN(CC2Cc3cc(F)ccc3O2)CC1. The van der Waals surface area contributed by atoms with Crippen LogP contribution in [0.3, 0.4) is 0 Å². The first kappa shape index (κ1) is 14.8. The van der Waals surface area contributed by atoms with Gasteiger partial charge in [-0.15, -0.1) is 0 Å². The number of benzene rings is 1. The molecular formula is C17H25FN2O. The third kappa shape index (κ3) is 3.74. The van der Waals surface area contributed by atoms with Crippen molar-refractivity contribution in [1.29, 1.82) is 0 Å². The summed E-state index contributed by atoms with van der Waals surface area (Å²) >= 11 is 0. The lowest BCUT2D eigenvalue weighted by Gasteiger charge is -2.33. The summed E-state index contributed by atoms with van der Waals surface area (Å²) in [5, 5.41) is 3.24. The molecule has 0 saturated carbocycles. The third-order valence-electron chi connectivity index (χ3n) is 4.74. The van der Waals surface area contributed by atoms with Gasteiger partial charge in [0.25, 0.3) is 0 Å². The van der Waals surface area contributed by atoms with Crippen LogP contribution in [0.15, 0.2) is 18.2 Å². The molecule has 1 unspecified atom stereocenters. The largest absolute Gasteiger partial charge is 0.488 e. The number of ether oxygens (including phenoxy) is 1. The summed E-state index contributed by atoms with van der Waals surface area (Å²) in [4.78, 5) is 2.50. The van der Waals surface area contributed by atoms with Crippen LogP contribution >= 0.6 is 0 Å². The van der Waals surface area contributed by atoms with Crippen molar-refractivity contribution < 1.29 is 9.13 Å². The van der Waals surface area contributed by atoms with Crippen molar-refractivity contribution >= 4 is 0 Å². The highest BCUT2D eigenvalue weighted by Gasteiger charge is 2.27. The van der Waals surface area contributed by atoms with E-state index in [4.69, 9.17) is 4.74 Å². The van der Waals surface area contributed by atoms with Gasteiger partial charge in [-0.2, -0.15) is 0 Å². The molecule has 4 heteroatoms. The zero-order chi connectivity index (χ0) is 14.7. The smallest absolute Gasteiger partial charge is 0.123 e. The summed E-state index contributed by atoms with van der Waals surface area (Å²) in [6, 6.07) is 4.85. The molecule has 116 valence electrons. The number of rotatable bonds is 5. The zero-order valence-electron chi connectivity index (χ0n) is 12.8. The van der Waals surface area contributed by atoms with Crippen molar-refractivity contribution in [3.8, 4) is 5.75 Å². The first-order chi connectivity index (χ1) is 10.2. The molecule has 1 saturated heterocycles. The molecule has 1 aromatic rings. The monoisotopic (exact) mass is 292 g/mol. The van der Waals surface area contributed by atoms with Gasteiger partial charge < -0.3 is 10.1 Å². The van der Waals surface area contributed by atoms with Crippen molar-refractivity contribution in [2.24, 2.45) is 5.92 Å². The van der Waals surface area contributed by atoms with Gasteiger partial charge in [0.2, 0.25) is 0 Å². The Morgan fingerprint density at radius 1 is 1.33 bits per heavy atom. The Kier molecular flexibility index (Phi) is 4.76. The van der Waals surface area contributed by atoms with Gasteiger partial charge in [-0.3, -0.25) is 4.90 Å². The molecule has 1 fully saturated rings. The quantitative estimate of drug-likeness (QED) is 0.902. The molecule has 1 N–H and O–H groups in total. The molecule has 2 aliphatic rings. The summed E-state index contributed by atoms with van der Waals surface area (Å²) in [6.45, 7) is 4.42. The van der Waals surface area contributed by atoms with Crippen LogP contribution in [0, 0.1) is 11.7 Å². The second-order valence-corrected chi connectivity index (χ2v) is 6.33. The van der Waals surface area contributed by atoms with Gasteiger partial charge in [-0.1, -0.05) is 0 Å². The van der Waals surface area contributed by atoms with Crippen LogP contribution in [0.1, 0.15) is 24.8 Å². The lowest BCUT2D eigenvalue weighted by molar-refractivity contribution is 0.115. The predicted molar refractivity (Wildman–Crippen MR) is 82.2 cm³/mol. The number of hydrogen-bond donors (Lipinski definition) is 1. The highest BCUT2D eigenvalue weighted by atomic mass is 19.1. The maximum Gasteiger partial charge on any atom is 0.123 e. The van der Waals surface area contributed by atoms with Crippen LogP contribution in [0.5, 0.6) is 5.75 Å². The van der Waals surface area contributed by atoms with Crippen molar-refractivity contribution in [2.45, 2.75) is 31.8 Å². The van der Waals surface area contributed by atoms with Crippen LogP contribution in [-0.4, -0.2) is 44.2 Å². The van der Waals surface area contributed by atoms with E-state index in [0.29, 0.717) is 0 Å². The van der Waals surface area contributed by atoms with Gasteiger partial charge in [0.05, 0.1) is 0 Å². The molecule has 0 amide bonds. The van der Waals surface area contributed by atoms with Gasteiger partial charge >= 0.3 is 0 Å². The summed E-state index contributed by atoms with van der Waals surface area (Å²) < 4.78 is 19.2.